The van der Waals surface area contributed by atoms with Gasteiger partial charge in [0, 0.05) is 6.54 Å². The number of aliphatic hydroxyl groups excluding tert-OH is 1. The van der Waals surface area contributed by atoms with Crippen molar-refractivity contribution in [1.82, 2.24) is 4.90 Å². The van der Waals surface area contributed by atoms with Gasteiger partial charge in [0.25, 0.3) is 0 Å². The van der Waals surface area contributed by atoms with Gasteiger partial charge in [-0.3, -0.25) is 9.69 Å². The van der Waals surface area contributed by atoms with Crippen LogP contribution in [-0.2, 0) is 16.1 Å². The van der Waals surface area contributed by atoms with Crippen molar-refractivity contribution in [3.8, 4) is 0 Å². The average Bonchev–Trinajstić information content (AvgIpc) is 2.55. The van der Waals surface area contributed by atoms with Crippen LogP contribution in [-0.4, -0.2) is 34.7 Å². The summed E-state index contributed by atoms with van der Waals surface area (Å²) >= 11 is 0. The lowest BCUT2D eigenvalue weighted by molar-refractivity contribution is -0.157. The van der Waals surface area contributed by atoms with Gasteiger partial charge < -0.3 is 9.84 Å². The molecule has 1 N–H and O–H groups in total. The summed E-state index contributed by atoms with van der Waals surface area (Å²) in [6.45, 7) is 6.17. The van der Waals surface area contributed by atoms with E-state index in [4.69, 9.17) is 4.74 Å². The summed E-state index contributed by atoms with van der Waals surface area (Å²) in [5.41, 5.74) is 1.53. The maximum atomic E-state index is 12.4. The third-order valence-corrected chi connectivity index (χ3v) is 3.78. The molecule has 2 rings (SSSR count). The van der Waals surface area contributed by atoms with Crippen molar-refractivity contribution in [2.45, 2.75) is 39.0 Å². The van der Waals surface area contributed by atoms with Crippen molar-refractivity contribution in [3.63, 3.8) is 0 Å². The van der Waals surface area contributed by atoms with Crippen LogP contribution in [0.2, 0.25) is 0 Å². The van der Waals surface area contributed by atoms with Gasteiger partial charge in [-0.25, -0.2) is 0 Å². The van der Waals surface area contributed by atoms with Gasteiger partial charge in [-0.05, 0) is 31.9 Å². The Balaban J connectivity index is 2.22. The molecule has 0 bridgehead atoms. The Morgan fingerprint density at radius 1 is 1.04 bits per heavy atom. The summed E-state index contributed by atoms with van der Waals surface area (Å²) in [6, 6.07) is 19.4. The standard InChI is InChI=1S/C21H27NO3/c1-21(2,3)25-20(24)15-22(14-17-10-6-4-7-11-17)19(16-23)18-12-8-5-9-13-18/h4-13,19,23H,14-16H2,1-3H3. The van der Waals surface area contributed by atoms with E-state index in [0.29, 0.717) is 6.54 Å². The van der Waals surface area contributed by atoms with Crippen LogP contribution in [0.4, 0.5) is 0 Å². The number of carbonyl (C=O) groups excluding carboxylic acids is 1. The number of rotatable bonds is 7. The molecule has 0 aliphatic rings. The van der Waals surface area contributed by atoms with E-state index in [9.17, 15) is 9.90 Å². The highest BCUT2D eigenvalue weighted by Gasteiger charge is 2.25. The zero-order valence-electron chi connectivity index (χ0n) is 15.2. The second kappa shape index (κ2) is 8.79. The minimum atomic E-state index is -0.531. The summed E-state index contributed by atoms with van der Waals surface area (Å²) in [5, 5.41) is 9.98. The third kappa shape index (κ3) is 6.33. The molecule has 0 spiro atoms. The Bertz CT molecular complexity index is 650. The zero-order valence-corrected chi connectivity index (χ0v) is 15.2. The highest BCUT2D eigenvalue weighted by atomic mass is 16.6. The molecule has 25 heavy (non-hydrogen) atoms. The molecule has 0 radical (unpaired) electrons. The maximum Gasteiger partial charge on any atom is 0.320 e. The molecule has 2 aromatic carbocycles. The van der Waals surface area contributed by atoms with Gasteiger partial charge >= 0.3 is 5.97 Å². The molecule has 0 heterocycles. The summed E-state index contributed by atoms with van der Waals surface area (Å²) in [7, 11) is 0. The lowest BCUT2D eigenvalue weighted by Gasteiger charge is -2.31. The van der Waals surface area contributed by atoms with Crippen molar-refractivity contribution in [1.29, 1.82) is 0 Å². The highest BCUT2D eigenvalue weighted by Crippen LogP contribution is 2.23. The third-order valence-electron chi connectivity index (χ3n) is 3.78. The molecule has 0 aliphatic carbocycles. The van der Waals surface area contributed by atoms with Crippen LogP contribution in [0, 0.1) is 0 Å². The molecule has 0 aromatic heterocycles. The molecule has 0 amide bonds. The van der Waals surface area contributed by atoms with E-state index >= 15 is 0 Å². The second-order valence-electron chi connectivity index (χ2n) is 7.09. The molecule has 134 valence electrons. The lowest BCUT2D eigenvalue weighted by Crippen LogP contribution is -2.38. The van der Waals surface area contributed by atoms with Crippen LogP contribution in [0.15, 0.2) is 60.7 Å². The number of nitrogens with zero attached hydrogens (tertiary/aromatic N) is 1. The number of carbonyl (C=O) groups is 1. The monoisotopic (exact) mass is 341 g/mol. The first-order valence-corrected chi connectivity index (χ1v) is 8.54. The lowest BCUT2D eigenvalue weighted by atomic mass is 10.0. The number of hydrogen-bond donors (Lipinski definition) is 1. The van der Waals surface area contributed by atoms with Crippen LogP contribution in [0.5, 0.6) is 0 Å². The summed E-state index contributed by atoms with van der Waals surface area (Å²) in [6.07, 6.45) is 0. The summed E-state index contributed by atoms with van der Waals surface area (Å²) in [4.78, 5) is 14.3. The fourth-order valence-electron chi connectivity index (χ4n) is 2.74. The van der Waals surface area contributed by atoms with Gasteiger partial charge in [0.2, 0.25) is 0 Å². The fourth-order valence-corrected chi connectivity index (χ4v) is 2.74. The molecule has 4 heteroatoms. The fraction of sp³-hybridized carbons (Fsp3) is 0.381. The van der Waals surface area contributed by atoms with Crippen molar-refractivity contribution < 1.29 is 14.6 Å². The Hall–Kier alpha value is -2.17. The van der Waals surface area contributed by atoms with E-state index in [1.165, 1.54) is 0 Å². The SMILES string of the molecule is CC(C)(C)OC(=O)CN(Cc1ccccc1)C(CO)c1ccccc1. The number of esters is 1. The molecule has 4 nitrogen and oxygen atoms in total. The van der Waals surface area contributed by atoms with Crippen molar-refractivity contribution in [3.05, 3.63) is 71.8 Å². The molecular weight excluding hydrogens is 314 g/mol. The Morgan fingerprint density at radius 3 is 2.12 bits per heavy atom. The van der Waals surface area contributed by atoms with E-state index in [0.717, 1.165) is 11.1 Å². The molecule has 1 atom stereocenters. The normalized spacial score (nSPS) is 12.8. The maximum absolute atomic E-state index is 12.4. The van der Waals surface area contributed by atoms with Crippen molar-refractivity contribution in [2.75, 3.05) is 13.2 Å². The van der Waals surface area contributed by atoms with Crippen molar-refractivity contribution >= 4 is 5.97 Å². The molecule has 2 aromatic rings. The molecule has 0 saturated carbocycles. The van der Waals surface area contributed by atoms with Crippen LogP contribution < -0.4 is 0 Å². The number of benzene rings is 2. The van der Waals surface area contributed by atoms with E-state index < -0.39 is 5.60 Å². The van der Waals surface area contributed by atoms with Crippen LogP contribution in [0.3, 0.4) is 0 Å². The first kappa shape index (κ1) is 19.2. The first-order valence-electron chi connectivity index (χ1n) is 8.54. The predicted octanol–water partition coefficient (Wildman–Crippen LogP) is 3.56. The number of hydrogen-bond acceptors (Lipinski definition) is 4. The van der Waals surface area contributed by atoms with Crippen LogP contribution >= 0.6 is 0 Å². The van der Waals surface area contributed by atoms with Gasteiger partial charge in [-0.2, -0.15) is 0 Å². The van der Waals surface area contributed by atoms with Gasteiger partial charge in [0.15, 0.2) is 0 Å². The molecule has 0 fully saturated rings. The van der Waals surface area contributed by atoms with Crippen molar-refractivity contribution in [2.24, 2.45) is 0 Å². The highest BCUT2D eigenvalue weighted by molar-refractivity contribution is 5.72. The van der Waals surface area contributed by atoms with Gasteiger partial charge in [0.05, 0.1) is 19.2 Å². The minimum absolute atomic E-state index is 0.0698. The molecular formula is C21H27NO3. The van der Waals surface area contributed by atoms with E-state index in [1.807, 2.05) is 86.3 Å². The predicted molar refractivity (Wildman–Crippen MR) is 99.0 cm³/mol. The molecule has 0 aliphatic heterocycles. The zero-order chi connectivity index (χ0) is 18.3. The largest absolute Gasteiger partial charge is 0.459 e. The van der Waals surface area contributed by atoms with Crippen LogP contribution in [0.25, 0.3) is 0 Å². The van der Waals surface area contributed by atoms with Gasteiger partial charge in [0.1, 0.15) is 5.60 Å². The second-order valence-corrected chi connectivity index (χ2v) is 7.09. The minimum Gasteiger partial charge on any atom is -0.459 e. The Kier molecular flexibility index (Phi) is 6.73. The topological polar surface area (TPSA) is 49.8 Å². The molecule has 0 saturated heterocycles. The Labute approximate surface area is 150 Å². The smallest absolute Gasteiger partial charge is 0.320 e. The molecule has 1 unspecified atom stereocenters. The summed E-state index contributed by atoms with van der Waals surface area (Å²) in [5.74, 6) is -0.294. The average molecular weight is 341 g/mol. The quantitative estimate of drug-likeness (QED) is 0.782. The van der Waals surface area contributed by atoms with Gasteiger partial charge in [-0.15, -0.1) is 0 Å². The Morgan fingerprint density at radius 2 is 1.60 bits per heavy atom. The van der Waals surface area contributed by atoms with E-state index in [1.54, 1.807) is 0 Å². The summed E-state index contributed by atoms with van der Waals surface area (Å²) < 4.78 is 5.47. The first-order chi connectivity index (χ1) is 11.9. The van der Waals surface area contributed by atoms with E-state index in [-0.39, 0.29) is 25.2 Å². The van der Waals surface area contributed by atoms with E-state index in [2.05, 4.69) is 0 Å². The number of aliphatic hydroxyl groups is 1. The van der Waals surface area contributed by atoms with Gasteiger partial charge in [-0.1, -0.05) is 60.7 Å². The number of ether oxygens (including phenoxy) is 1. The van der Waals surface area contributed by atoms with Crippen LogP contribution in [0.1, 0.15) is 37.9 Å².